The lowest BCUT2D eigenvalue weighted by atomic mass is 10.2. The average Bonchev–Trinajstić information content (AvgIpc) is 2.37. The quantitative estimate of drug-likeness (QED) is 0.621. The number of nitrogens with zero attached hydrogens (tertiary/aromatic N) is 1. The van der Waals surface area contributed by atoms with Crippen molar-refractivity contribution >= 4 is 18.5 Å². The van der Waals surface area contributed by atoms with Crippen LogP contribution in [-0.2, 0) is 0 Å². The molecule has 5 heteroatoms. The monoisotopic (exact) mass is 284 g/mol. The molecule has 0 atom stereocenters. The van der Waals surface area contributed by atoms with E-state index >= 15 is 0 Å². The first kappa shape index (κ1) is 16.0. The Kier molecular flexibility index (Phi) is 6.31. The minimum atomic E-state index is -0.418. The highest BCUT2D eigenvalue weighted by molar-refractivity contribution is 7.80. The van der Waals surface area contributed by atoms with Crippen LogP contribution in [-0.4, -0.2) is 37.0 Å². The number of carbonyl (C=O) groups excluding carboxylic acids is 1. The molecular formula is C14H21FN2OS. The molecule has 1 aromatic carbocycles. The van der Waals surface area contributed by atoms with Crippen LogP contribution in [0, 0.1) is 5.82 Å². The molecule has 1 N–H and O–H groups in total. The molecule has 0 radical (unpaired) electrons. The van der Waals surface area contributed by atoms with Gasteiger partial charge in [0.2, 0.25) is 0 Å². The van der Waals surface area contributed by atoms with Crippen LogP contribution in [0.4, 0.5) is 4.39 Å². The van der Waals surface area contributed by atoms with Crippen LogP contribution in [0.1, 0.15) is 30.6 Å². The van der Waals surface area contributed by atoms with Gasteiger partial charge in [-0.3, -0.25) is 4.79 Å². The minimum Gasteiger partial charge on any atom is -0.352 e. The van der Waals surface area contributed by atoms with E-state index in [-0.39, 0.29) is 10.8 Å². The average molecular weight is 284 g/mol. The number of nitrogens with one attached hydrogen (secondary N) is 1. The molecule has 0 bridgehead atoms. The maximum absolute atomic E-state index is 13.0. The Bertz CT molecular complexity index is 437. The number of benzene rings is 1. The Morgan fingerprint density at radius 3 is 2.74 bits per heavy atom. The molecule has 0 aliphatic rings. The van der Waals surface area contributed by atoms with Gasteiger partial charge in [-0.15, -0.1) is 12.6 Å². The van der Waals surface area contributed by atoms with Crippen molar-refractivity contribution in [2.24, 2.45) is 0 Å². The number of thiol groups is 1. The molecule has 0 saturated heterocycles. The van der Waals surface area contributed by atoms with Crippen molar-refractivity contribution in [3.63, 3.8) is 0 Å². The SMILES string of the molecule is CC(C)N(C)CCCNC(=O)c1ccc(F)c(S)c1. The normalized spacial score (nSPS) is 11.1. The topological polar surface area (TPSA) is 32.3 Å². The molecule has 0 heterocycles. The maximum Gasteiger partial charge on any atom is 0.251 e. The lowest BCUT2D eigenvalue weighted by molar-refractivity contribution is 0.0951. The van der Waals surface area contributed by atoms with Gasteiger partial charge in [0, 0.05) is 23.0 Å². The summed E-state index contributed by atoms with van der Waals surface area (Å²) in [5.74, 6) is -0.610. The smallest absolute Gasteiger partial charge is 0.251 e. The molecule has 0 fully saturated rings. The molecule has 3 nitrogen and oxygen atoms in total. The minimum absolute atomic E-state index is 0.187. The number of rotatable bonds is 6. The maximum atomic E-state index is 13.0. The highest BCUT2D eigenvalue weighted by Crippen LogP contribution is 2.14. The fourth-order valence-electron chi connectivity index (χ4n) is 1.54. The van der Waals surface area contributed by atoms with E-state index in [1.54, 1.807) is 0 Å². The van der Waals surface area contributed by atoms with E-state index in [4.69, 9.17) is 0 Å². The van der Waals surface area contributed by atoms with E-state index in [2.05, 4.69) is 43.7 Å². The van der Waals surface area contributed by atoms with Crippen molar-refractivity contribution < 1.29 is 9.18 Å². The van der Waals surface area contributed by atoms with Crippen molar-refractivity contribution in [2.45, 2.75) is 31.2 Å². The molecule has 1 rings (SSSR count). The lowest BCUT2D eigenvalue weighted by Gasteiger charge is -2.20. The van der Waals surface area contributed by atoms with Crippen molar-refractivity contribution in [2.75, 3.05) is 20.1 Å². The fourth-order valence-corrected chi connectivity index (χ4v) is 1.76. The summed E-state index contributed by atoms with van der Waals surface area (Å²) in [6.07, 6.45) is 0.884. The molecule has 0 aliphatic carbocycles. The zero-order valence-corrected chi connectivity index (χ0v) is 12.5. The molecule has 0 aromatic heterocycles. The van der Waals surface area contributed by atoms with Gasteiger partial charge >= 0.3 is 0 Å². The number of amides is 1. The zero-order valence-electron chi connectivity index (χ0n) is 11.6. The molecule has 1 aromatic rings. The van der Waals surface area contributed by atoms with Crippen molar-refractivity contribution in [3.8, 4) is 0 Å². The van der Waals surface area contributed by atoms with Gasteiger partial charge < -0.3 is 10.2 Å². The van der Waals surface area contributed by atoms with E-state index in [0.717, 1.165) is 13.0 Å². The zero-order chi connectivity index (χ0) is 14.4. The van der Waals surface area contributed by atoms with Crippen LogP contribution < -0.4 is 5.32 Å². The summed E-state index contributed by atoms with van der Waals surface area (Å²) in [7, 11) is 2.06. The number of hydrogen-bond donors (Lipinski definition) is 2. The van der Waals surface area contributed by atoms with Gasteiger partial charge in [-0.1, -0.05) is 0 Å². The molecule has 0 aliphatic heterocycles. The van der Waals surface area contributed by atoms with E-state index in [1.807, 2.05) is 0 Å². The Morgan fingerprint density at radius 2 is 2.16 bits per heavy atom. The molecular weight excluding hydrogens is 263 g/mol. The van der Waals surface area contributed by atoms with E-state index in [9.17, 15) is 9.18 Å². The number of halogens is 1. The van der Waals surface area contributed by atoms with Crippen LogP contribution in [0.3, 0.4) is 0 Å². The molecule has 19 heavy (non-hydrogen) atoms. The second-order valence-electron chi connectivity index (χ2n) is 4.85. The largest absolute Gasteiger partial charge is 0.352 e. The third-order valence-corrected chi connectivity index (χ3v) is 3.41. The fraction of sp³-hybridized carbons (Fsp3) is 0.500. The molecule has 0 saturated carbocycles. The van der Waals surface area contributed by atoms with Crippen LogP contribution in [0.15, 0.2) is 23.1 Å². The molecule has 0 unspecified atom stereocenters. The van der Waals surface area contributed by atoms with Crippen LogP contribution in [0.2, 0.25) is 0 Å². The van der Waals surface area contributed by atoms with Gasteiger partial charge in [0.05, 0.1) is 0 Å². The van der Waals surface area contributed by atoms with Gasteiger partial charge in [-0.25, -0.2) is 4.39 Å². The third kappa shape index (κ3) is 5.20. The Balaban J connectivity index is 2.37. The predicted octanol–water partition coefficient (Wildman–Crippen LogP) is 2.57. The first-order valence-corrected chi connectivity index (χ1v) is 6.83. The highest BCUT2D eigenvalue weighted by atomic mass is 32.1. The molecule has 1 amide bonds. The third-order valence-electron chi connectivity index (χ3n) is 3.06. The molecule has 106 valence electrons. The van der Waals surface area contributed by atoms with Crippen molar-refractivity contribution in [1.29, 1.82) is 0 Å². The van der Waals surface area contributed by atoms with Crippen LogP contribution >= 0.6 is 12.6 Å². The summed E-state index contributed by atoms with van der Waals surface area (Å²) in [4.78, 5) is 14.2. The van der Waals surface area contributed by atoms with E-state index in [1.165, 1.54) is 18.2 Å². The summed E-state index contributed by atoms with van der Waals surface area (Å²) in [6, 6.07) is 4.65. The van der Waals surface area contributed by atoms with Crippen molar-refractivity contribution in [3.05, 3.63) is 29.6 Å². The summed E-state index contributed by atoms with van der Waals surface area (Å²) in [6.45, 7) is 5.80. The van der Waals surface area contributed by atoms with E-state index < -0.39 is 5.82 Å². The standard InChI is InChI=1S/C14H21FN2OS/c1-10(2)17(3)8-4-7-16-14(18)11-5-6-12(15)13(19)9-11/h5-6,9-10,19H,4,7-8H2,1-3H3,(H,16,18). The molecule has 0 spiro atoms. The van der Waals surface area contributed by atoms with Gasteiger partial charge in [0.15, 0.2) is 0 Å². The summed E-state index contributed by atoms with van der Waals surface area (Å²) in [5.41, 5.74) is 0.434. The Hall–Kier alpha value is -1.07. The Labute approximate surface area is 119 Å². The number of hydrogen-bond acceptors (Lipinski definition) is 3. The van der Waals surface area contributed by atoms with E-state index in [0.29, 0.717) is 18.2 Å². The first-order chi connectivity index (χ1) is 8.91. The highest BCUT2D eigenvalue weighted by Gasteiger charge is 2.08. The Morgan fingerprint density at radius 1 is 1.47 bits per heavy atom. The second kappa shape index (κ2) is 7.50. The van der Waals surface area contributed by atoms with Crippen molar-refractivity contribution in [1.82, 2.24) is 10.2 Å². The predicted molar refractivity (Wildman–Crippen MR) is 78.4 cm³/mol. The number of carbonyl (C=O) groups is 1. The summed E-state index contributed by atoms with van der Waals surface area (Å²) < 4.78 is 13.0. The lowest BCUT2D eigenvalue weighted by Crippen LogP contribution is -2.31. The summed E-state index contributed by atoms with van der Waals surface area (Å²) >= 11 is 3.96. The van der Waals surface area contributed by atoms with Crippen LogP contribution in [0.5, 0.6) is 0 Å². The summed E-state index contributed by atoms with van der Waals surface area (Å²) in [5, 5.41) is 2.82. The van der Waals surface area contributed by atoms with Gasteiger partial charge in [-0.05, 0) is 52.1 Å². The van der Waals surface area contributed by atoms with Gasteiger partial charge in [-0.2, -0.15) is 0 Å². The first-order valence-electron chi connectivity index (χ1n) is 6.38. The van der Waals surface area contributed by atoms with Crippen LogP contribution in [0.25, 0.3) is 0 Å². The van der Waals surface area contributed by atoms with Gasteiger partial charge in [0.25, 0.3) is 5.91 Å². The van der Waals surface area contributed by atoms with Gasteiger partial charge in [0.1, 0.15) is 5.82 Å². The second-order valence-corrected chi connectivity index (χ2v) is 5.33.